The first-order chi connectivity index (χ1) is 18.0. The first-order valence-electron chi connectivity index (χ1n) is 12.5. The zero-order valence-electron chi connectivity index (χ0n) is 22.1. The van der Waals surface area contributed by atoms with E-state index in [1.165, 1.54) is 23.1 Å². The standard InChI is InChI=1S/C29H34ClN3O4S/c1-5-17-31-29(35)23(4)32(19-24-13-9-21(2)10-14-24)28(34)20-33(26-8-6-7-25(30)18-26)38(36,37)27-15-11-22(3)12-16-27/h6-16,18,23H,5,17,19-20H2,1-4H3,(H,31,35)/t23-/m0/s1. The van der Waals surface area contributed by atoms with Gasteiger partial charge in [0.2, 0.25) is 11.8 Å². The van der Waals surface area contributed by atoms with Crippen LogP contribution in [0.5, 0.6) is 0 Å². The van der Waals surface area contributed by atoms with Crippen molar-refractivity contribution in [3.63, 3.8) is 0 Å². The number of anilines is 1. The van der Waals surface area contributed by atoms with E-state index in [0.717, 1.165) is 27.4 Å². The number of sulfonamides is 1. The molecule has 1 N–H and O–H groups in total. The summed E-state index contributed by atoms with van der Waals surface area (Å²) in [4.78, 5) is 28.2. The molecular weight excluding hydrogens is 522 g/mol. The predicted molar refractivity (Wildman–Crippen MR) is 152 cm³/mol. The number of nitrogens with one attached hydrogen (secondary N) is 1. The van der Waals surface area contributed by atoms with Crippen LogP contribution in [0.1, 0.15) is 37.0 Å². The fourth-order valence-corrected chi connectivity index (χ4v) is 5.46. The summed E-state index contributed by atoms with van der Waals surface area (Å²) in [6.45, 7) is 7.54. The Morgan fingerprint density at radius 3 is 2.13 bits per heavy atom. The second-order valence-electron chi connectivity index (χ2n) is 9.28. The molecule has 0 aromatic heterocycles. The summed E-state index contributed by atoms with van der Waals surface area (Å²) in [6, 6.07) is 19.6. The van der Waals surface area contributed by atoms with Crippen LogP contribution in [0.4, 0.5) is 5.69 Å². The van der Waals surface area contributed by atoms with Gasteiger partial charge in [-0.3, -0.25) is 13.9 Å². The SMILES string of the molecule is CCCNC(=O)[C@H](C)N(Cc1ccc(C)cc1)C(=O)CN(c1cccc(Cl)c1)S(=O)(=O)c1ccc(C)cc1. The first-order valence-corrected chi connectivity index (χ1v) is 14.3. The van der Waals surface area contributed by atoms with Gasteiger partial charge in [0.05, 0.1) is 10.6 Å². The summed E-state index contributed by atoms with van der Waals surface area (Å²) < 4.78 is 28.6. The zero-order chi connectivity index (χ0) is 27.9. The Hall–Kier alpha value is -3.36. The Labute approximate surface area is 230 Å². The number of halogens is 1. The summed E-state index contributed by atoms with van der Waals surface area (Å²) in [5.41, 5.74) is 3.06. The van der Waals surface area contributed by atoms with E-state index in [4.69, 9.17) is 11.6 Å². The number of nitrogens with zero attached hydrogens (tertiary/aromatic N) is 2. The van der Waals surface area contributed by atoms with Gasteiger partial charge in [-0.05, 0) is 63.1 Å². The summed E-state index contributed by atoms with van der Waals surface area (Å²) in [5.74, 6) is -0.816. The highest BCUT2D eigenvalue weighted by atomic mass is 35.5. The number of aryl methyl sites for hydroxylation is 2. The monoisotopic (exact) mass is 555 g/mol. The second-order valence-corrected chi connectivity index (χ2v) is 11.6. The molecule has 202 valence electrons. The number of benzene rings is 3. The van der Waals surface area contributed by atoms with Gasteiger partial charge in [0.1, 0.15) is 12.6 Å². The van der Waals surface area contributed by atoms with Crippen LogP contribution in [0.2, 0.25) is 5.02 Å². The van der Waals surface area contributed by atoms with Gasteiger partial charge in [0.15, 0.2) is 0 Å². The summed E-state index contributed by atoms with van der Waals surface area (Å²) >= 11 is 6.20. The normalized spacial score (nSPS) is 12.0. The van der Waals surface area contributed by atoms with Crippen molar-refractivity contribution in [2.45, 2.75) is 51.6 Å². The van der Waals surface area contributed by atoms with Crippen LogP contribution >= 0.6 is 11.6 Å². The smallest absolute Gasteiger partial charge is 0.264 e. The molecule has 3 rings (SSSR count). The minimum atomic E-state index is -4.13. The molecule has 0 spiro atoms. The lowest BCUT2D eigenvalue weighted by atomic mass is 10.1. The number of carbonyl (C=O) groups is 2. The van der Waals surface area contributed by atoms with Gasteiger partial charge in [-0.25, -0.2) is 8.42 Å². The van der Waals surface area contributed by atoms with Crippen LogP contribution in [0.3, 0.4) is 0 Å². The maximum atomic E-state index is 13.8. The Kier molecular flexibility index (Phi) is 9.94. The maximum absolute atomic E-state index is 13.8. The molecule has 0 aliphatic rings. The van der Waals surface area contributed by atoms with Crippen molar-refractivity contribution < 1.29 is 18.0 Å². The van der Waals surface area contributed by atoms with Crippen molar-refractivity contribution in [3.05, 3.63) is 94.5 Å². The number of hydrogen-bond donors (Lipinski definition) is 1. The van der Waals surface area contributed by atoms with Crippen LogP contribution in [0.25, 0.3) is 0 Å². The molecule has 0 aliphatic carbocycles. The van der Waals surface area contributed by atoms with E-state index in [0.29, 0.717) is 11.6 Å². The van der Waals surface area contributed by atoms with Crippen LogP contribution in [-0.2, 0) is 26.2 Å². The van der Waals surface area contributed by atoms with Crippen molar-refractivity contribution >= 4 is 39.1 Å². The quantitative estimate of drug-likeness (QED) is 0.357. The average molecular weight is 556 g/mol. The van der Waals surface area contributed by atoms with Gasteiger partial charge < -0.3 is 10.2 Å². The molecule has 0 fully saturated rings. The third kappa shape index (κ3) is 7.36. The van der Waals surface area contributed by atoms with Gasteiger partial charge in [-0.1, -0.05) is 72.1 Å². The topological polar surface area (TPSA) is 86.8 Å². The number of hydrogen-bond acceptors (Lipinski definition) is 4. The van der Waals surface area contributed by atoms with Crippen molar-refractivity contribution in [1.29, 1.82) is 0 Å². The highest BCUT2D eigenvalue weighted by molar-refractivity contribution is 7.92. The van der Waals surface area contributed by atoms with Gasteiger partial charge in [-0.2, -0.15) is 0 Å². The third-order valence-corrected chi connectivity index (χ3v) is 8.20. The molecule has 0 saturated carbocycles. The van der Waals surface area contributed by atoms with Crippen LogP contribution in [0, 0.1) is 13.8 Å². The van der Waals surface area contributed by atoms with E-state index in [1.807, 2.05) is 45.0 Å². The van der Waals surface area contributed by atoms with Gasteiger partial charge >= 0.3 is 0 Å². The zero-order valence-corrected chi connectivity index (χ0v) is 23.7. The molecule has 0 heterocycles. The van der Waals surface area contributed by atoms with Gasteiger partial charge in [-0.15, -0.1) is 0 Å². The number of carbonyl (C=O) groups excluding carboxylic acids is 2. The van der Waals surface area contributed by atoms with E-state index in [9.17, 15) is 18.0 Å². The second kappa shape index (κ2) is 12.9. The summed E-state index contributed by atoms with van der Waals surface area (Å²) in [7, 11) is -4.13. The fraction of sp³-hybridized carbons (Fsp3) is 0.310. The molecule has 7 nitrogen and oxygen atoms in total. The van der Waals surface area contributed by atoms with Crippen LogP contribution < -0.4 is 9.62 Å². The Balaban J connectivity index is 2.01. The van der Waals surface area contributed by atoms with E-state index in [2.05, 4.69) is 5.32 Å². The Bertz CT molecular complexity index is 1360. The lowest BCUT2D eigenvalue weighted by Gasteiger charge is -2.32. The van der Waals surface area contributed by atoms with Crippen molar-refractivity contribution in [2.24, 2.45) is 0 Å². The molecule has 0 bridgehead atoms. The molecule has 38 heavy (non-hydrogen) atoms. The predicted octanol–water partition coefficient (Wildman–Crippen LogP) is 5.10. The molecular formula is C29H34ClN3O4S. The molecule has 0 saturated heterocycles. The molecule has 9 heteroatoms. The molecule has 0 radical (unpaired) electrons. The fourth-order valence-electron chi connectivity index (χ4n) is 3.87. The van der Waals surface area contributed by atoms with Crippen molar-refractivity contribution in [2.75, 3.05) is 17.4 Å². The minimum absolute atomic E-state index is 0.0506. The van der Waals surface area contributed by atoms with E-state index < -0.39 is 28.5 Å². The largest absolute Gasteiger partial charge is 0.354 e. The average Bonchev–Trinajstić information content (AvgIpc) is 2.89. The van der Waals surface area contributed by atoms with E-state index in [-0.39, 0.29) is 23.0 Å². The number of rotatable bonds is 11. The van der Waals surface area contributed by atoms with Crippen LogP contribution in [-0.4, -0.2) is 44.3 Å². The number of amides is 2. The molecule has 1 atom stereocenters. The van der Waals surface area contributed by atoms with Crippen molar-refractivity contribution in [3.8, 4) is 0 Å². The van der Waals surface area contributed by atoms with Crippen LogP contribution in [0.15, 0.2) is 77.7 Å². The molecule has 0 aliphatic heterocycles. The first kappa shape index (κ1) is 29.2. The van der Waals surface area contributed by atoms with E-state index >= 15 is 0 Å². The van der Waals surface area contributed by atoms with Gasteiger partial charge in [0.25, 0.3) is 10.0 Å². The third-order valence-electron chi connectivity index (χ3n) is 6.17. The van der Waals surface area contributed by atoms with Crippen molar-refractivity contribution in [1.82, 2.24) is 10.2 Å². The Morgan fingerprint density at radius 1 is 0.947 bits per heavy atom. The molecule has 0 unspecified atom stereocenters. The van der Waals surface area contributed by atoms with E-state index in [1.54, 1.807) is 37.3 Å². The maximum Gasteiger partial charge on any atom is 0.264 e. The lowest BCUT2D eigenvalue weighted by molar-refractivity contribution is -0.139. The molecule has 3 aromatic rings. The lowest BCUT2D eigenvalue weighted by Crippen LogP contribution is -2.51. The minimum Gasteiger partial charge on any atom is -0.354 e. The highest BCUT2D eigenvalue weighted by Gasteiger charge is 2.32. The Morgan fingerprint density at radius 2 is 1.55 bits per heavy atom. The molecule has 2 amide bonds. The molecule has 3 aromatic carbocycles. The van der Waals surface area contributed by atoms with Gasteiger partial charge in [0, 0.05) is 18.1 Å². The summed E-state index contributed by atoms with van der Waals surface area (Å²) in [6.07, 6.45) is 0.752. The summed E-state index contributed by atoms with van der Waals surface area (Å²) in [5, 5.41) is 3.17. The highest BCUT2D eigenvalue weighted by Crippen LogP contribution is 2.27.